The molecule has 0 aromatic carbocycles. The molecule has 6 heteroatoms. The Morgan fingerprint density at radius 3 is 2.72 bits per heavy atom. The highest BCUT2D eigenvalue weighted by Gasteiger charge is 2.13. The molecule has 2 rings (SSSR count). The SMILES string of the molecule is Cc1oncc1-c1nnc(CCNC(C)(C)C)s1. The lowest BCUT2D eigenvalue weighted by Gasteiger charge is -2.19. The fourth-order valence-corrected chi connectivity index (χ4v) is 2.41. The van der Waals surface area contributed by atoms with E-state index in [1.54, 1.807) is 17.5 Å². The molecule has 0 aliphatic rings. The van der Waals surface area contributed by atoms with E-state index in [9.17, 15) is 0 Å². The minimum atomic E-state index is 0.137. The summed E-state index contributed by atoms with van der Waals surface area (Å²) in [5.41, 5.74) is 1.07. The van der Waals surface area contributed by atoms with Crippen molar-refractivity contribution in [3.05, 3.63) is 17.0 Å². The Kier molecular flexibility index (Phi) is 3.77. The van der Waals surface area contributed by atoms with Crippen LogP contribution in [0, 0.1) is 6.92 Å². The second-order valence-electron chi connectivity index (χ2n) is 5.22. The van der Waals surface area contributed by atoms with Crippen molar-refractivity contribution in [1.82, 2.24) is 20.7 Å². The first-order chi connectivity index (χ1) is 8.46. The number of aryl methyl sites for hydroxylation is 1. The van der Waals surface area contributed by atoms with Crippen molar-refractivity contribution in [3.63, 3.8) is 0 Å². The first-order valence-corrected chi connectivity index (χ1v) is 6.76. The van der Waals surface area contributed by atoms with Gasteiger partial charge in [0.05, 0.1) is 11.8 Å². The van der Waals surface area contributed by atoms with E-state index in [1.165, 1.54) is 0 Å². The second kappa shape index (κ2) is 5.16. The lowest BCUT2D eigenvalue weighted by atomic mass is 10.1. The summed E-state index contributed by atoms with van der Waals surface area (Å²) in [5.74, 6) is 0.783. The van der Waals surface area contributed by atoms with E-state index in [1.807, 2.05) is 6.92 Å². The number of hydrogen-bond acceptors (Lipinski definition) is 6. The third kappa shape index (κ3) is 3.36. The van der Waals surface area contributed by atoms with Crippen molar-refractivity contribution < 1.29 is 4.52 Å². The van der Waals surface area contributed by atoms with E-state index >= 15 is 0 Å². The van der Waals surface area contributed by atoms with Gasteiger partial charge in [-0.25, -0.2) is 0 Å². The van der Waals surface area contributed by atoms with Crippen molar-refractivity contribution >= 4 is 11.3 Å². The fraction of sp³-hybridized carbons (Fsp3) is 0.583. The van der Waals surface area contributed by atoms with E-state index in [-0.39, 0.29) is 5.54 Å². The Bertz CT molecular complexity index is 512. The molecule has 0 aliphatic carbocycles. The van der Waals surface area contributed by atoms with Gasteiger partial charge in [0.25, 0.3) is 0 Å². The van der Waals surface area contributed by atoms with Crippen LogP contribution in [0.3, 0.4) is 0 Å². The molecule has 0 aliphatic heterocycles. The molecule has 18 heavy (non-hydrogen) atoms. The molecular weight excluding hydrogens is 248 g/mol. The highest BCUT2D eigenvalue weighted by Crippen LogP contribution is 2.26. The third-order valence-electron chi connectivity index (χ3n) is 2.44. The average Bonchev–Trinajstić information content (AvgIpc) is 2.84. The predicted molar refractivity (Wildman–Crippen MR) is 71.6 cm³/mol. The van der Waals surface area contributed by atoms with Gasteiger partial charge in [-0.1, -0.05) is 16.5 Å². The van der Waals surface area contributed by atoms with Crippen LogP contribution in [0.5, 0.6) is 0 Å². The zero-order valence-electron chi connectivity index (χ0n) is 11.1. The first-order valence-electron chi connectivity index (χ1n) is 5.95. The van der Waals surface area contributed by atoms with Gasteiger partial charge in [-0.15, -0.1) is 10.2 Å². The van der Waals surface area contributed by atoms with Crippen LogP contribution in [0.15, 0.2) is 10.7 Å². The number of nitrogens with zero attached hydrogens (tertiary/aromatic N) is 3. The van der Waals surface area contributed by atoms with E-state index in [0.717, 1.165) is 34.3 Å². The third-order valence-corrected chi connectivity index (χ3v) is 3.46. The van der Waals surface area contributed by atoms with Crippen LogP contribution < -0.4 is 5.32 Å². The summed E-state index contributed by atoms with van der Waals surface area (Å²) in [5, 5.41) is 17.5. The second-order valence-corrected chi connectivity index (χ2v) is 6.29. The summed E-state index contributed by atoms with van der Waals surface area (Å²) >= 11 is 1.59. The van der Waals surface area contributed by atoms with Gasteiger partial charge in [0.15, 0.2) is 5.01 Å². The molecule has 2 aromatic rings. The van der Waals surface area contributed by atoms with Gasteiger partial charge in [-0.05, 0) is 27.7 Å². The molecule has 0 saturated carbocycles. The highest BCUT2D eigenvalue weighted by atomic mass is 32.1. The molecular formula is C12H18N4OS. The maximum absolute atomic E-state index is 5.03. The van der Waals surface area contributed by atoms with E-state index in [4.69, 9.17) is 4.52 Å². The number of hydrogen-bond donors (Lipinski definition) is 1. The summed E-state index contributed by atoms with van der Waals surface area (Å²) in [6.45, 7) is 9.24. The largest absolute Gasteiger partial charge is 0.361 e. The molecule has 0 bridgehead atoms. The maximum Gasteiger partial charge on any atom is 0.152 e. The molecule has 2 heterocycles. The molecule has 0 fully saturated rings. The number of nitrogens with one attached hydrogen (secondary N) is 1. The Morgan fingerprint density at radius 2 is 2.11 bits per heavy atom. The lowest BCUT2D eigenvalue weighted by Crippen LogP contribution is -2.37. The summed E-state index contributed by atoms with van der Waals surface area (Å²) in [6.07, 6.45) is 2.58. The van der Waals surface area contributed by atoms with Crippen molar-refractivity contribution in [2.45, 2.75) is 39.7 Å². The zero-order valence-corrected chi connectivity index (χ0v) is 12.0. The minimum Gasteiger partial charge on any atom is -0.361 e. The molecule has 1 N–H and O–H groups in total. The van der Waals surface area contributed by atoms with Crippen LogP contribution in [0.1, 0.15) is 31.5 Å². The molecule has 0 radical (unpaired) electrons. The molecule has 0 unspecified atom stereocenters. The topological polar surface area (TPSA) is 63.8 Å². The lowest BCUT2D eigenvalue weighted by molar-refractivity contribution is 0.398. The monoisotopic (exact) mass is 266 g/mol. The predicted octanol–water partition coefficient (Wildman–Crippen LogP) is 2.43. The van der Waals surface area contributed by atoms with Crippen LogP contribution in [-0.4, -0.2) is 27.4 Å². The van der Waals surface area contributed by atoms with Gasteiger partial charge in [0.2, 0.25) is 0 Å². The summed E-state index contributed by atoms with van der Waals surface area (Å²) in [7, 11) is 0. The normalized spacial score (nSPS) is 12.0. The van der Waals surface area contributed by atoms with E-state index in [0.29, 0.717) is 0 Å². The van der Waals surface area contributed by atoms with Gasteiger partial charge < -0.3 is 9.84 Å². The Hall–Kier alpha value is -1.27. The van der Waals surface area contributed by atoms with E-state index in [2.05, 4.69) is 41.4 Å². The van der Waals surface area contributed by atoms with Gasteiger partial charge >= 0.3 is 0 Å². The quantitative estimate of drug-likeness (QED) is 0.920. The van der Waals surface area contributed by atoms with Gasteiger partial charge in [-0.2, -0.15) is 0 Å². The molecule has 0 atom stereocenters. The Morgan fingerprint density at radius 1 is 1.33 bits per heavy atom. The van der Waals surface area contributed by atoms with Crippen molar-refractivity contribution in [2.75, 3.05) is 6.54 Å². The van der Waals surface area contributed by atoms with Crippen LogP contribution in [-0.2, 0) is 6.42 Å². The highest BCUT2D eigenvalue weighted by molar-refractivity contribution is 7.14. The standard InChI is InChI=1S/C12H18N4OS/c1-8-9(7-14-17-8)11-16-15-10(18-11)5-6-13-12(2,3)4/h7,13H,5-6H2,1-4H3. The molecule has 0 saturated heterocycles. The summed E-state index contributed by atoms with van der Waals surface area (Å²) in [4.78, 5) is 0. The summed E-state index contributed by atoms with van der Waals surface area (Å²) in [6, 6.07) is 0. The first kappa shape index (κ1) is 13.2. The molecule has 98 valence electrons. The molecule has 0 amide bonds. The number of aromatic nitrogens is 3. The zero-order chi connectivity index (χ0) is 13.2. The van der Waals surface area contributed by atoms with Gasteiger partial charge in [0, 0.05) is 18.5 Å². The molecule has 5 nitrogen and oxygen atoms in total. The van der Waals surface area contributed by atoms with Crippen molar-refractivity contribution in [2.24, 2.45) is 0 Å². The van der Waals surface area contributed by atoms with Gasteiger partial charge in [-0.3, -0.25) is 0 Å². The van der Waals surface area contributed by atoms with E-state index < -0.39 is 0 Å². The Labute approximate surface area is 111 Å². The minimum absolute atomic E-state index is 0.137. The fourth-order valence-electron chi connectivity index (χ4n) is 1.51. The van der Waals surface area contributed by atoms with Crippen LogP contribution in [0.4, 0.5) is 0 Å². The summed E-state index contributed by atoms with van der Waals surface area (Å²) < 4.78 is 5.03. The van der Waals surface area contributed by atoms with Crippen LogP contribution in [0.25, 0.3) is 10.6 Å². The van der Waals surface area contributed by atoms with Crippen LogP contribution in [0.2, 0.25) is 0 Å². The van der Waals surface area contributed by atoms with Crippen LogP contribution >= 0.6 is 11.3 Å². The average molecular weight is 266 g/mol. The molecule has 2 aromatic heterocycles. The van der Waals surface area contributed by atoms with Crippen molar-refractivity contribution in [3.8, 4) is 10.6 Å². The van der Waals surface area contributed by atoms with Gasteiger partial charge in [0.1, 0.15) is 10.8 Å². The van der Waals surface area contributed by atoms with Crippen molar-refractivity contribution in [1.29, 1.82) is 0 Å². The number of rotatable bonds is 4. The Balaban J connectivity index is 1.97. The smallest absolute Gasteiger partial charge is 0.152 e. The maximum atomic E-state index is 5.03. The molecule has 0 spiro atoms.